The van der Waals surface area contributed by atoms with Gasteiger partial charge in [-0.3, -0.25) is 9.69 Å². The quantitative estimate of drug-likeness (QED) is 0.178. The third kappa shape index (κ3) is 8.76. The average Bonchev–Trinajstić information content (AvgIpc) is 3.44. The fourth-order valence-corrected chi connectivity index (χ4v) is 5.96. The highest BCUT2D eigenvalue weighted by Gasteiger charge is 2.35. The molecule has 232 valence electrons. The van der Waals surface area contributed by atoms with Gasteiger partial charge in [0, 0.05) is 18.3 Å². The van der Waals surface area contributed by atoms with Gasteiger partial charge in [-0.25, -0.2) is 0 Å². The molecule has 0 aromatic heterocycles. The molecule has 2 aliphatic heterocycles. The van der Waals surface area contributed by atoms with Crippen LogP contribution in [0.3, 0.4) is 0 Å². The molecule has 0 unspecified atom stereocenters. The van der Waals surface area contributed by atoms with Gasteiger partial charge in [0.2, 0.25) is 5.91 Å². The maximum Gasteiger partial charge on any atom is 0.238 e. The fraction of sp³-hybridized carbons (Fsp3) is 0.486. The number of allylic oxidation sites excluding steroid dienone is 4. The standard InChI is InChI=1S/C37H50N2O4/c1-7-10-11-18-41-32-15-12-29(13-16-32)33-22-31(30-14-17-34-35(23-30)43-20-19-42-34)24-39(33)25-36(40)38-37(27(6)8-2)28(9-3)21-26(4)5/h12-17,21,23,31,33H,4,7-11,18-20,22,24-25H2,1-3,5-6H3,(H,38,40)/b28-21-,37-27-/t31-,33-/m1/s1. The van der Waals surface area contributed by atoms with Crippen LogP contribution in [0.15, 0.2) is 77.5 Å². The van der Waals surface area contributed by atoms with Crippen LogP contribution in [0.4, 0.5) is 0 Å². The molecule has 0 radical (unpaired) electrons. The van der Waals surface area contributed by atoms with Gasteiger partial charge < -0.3 is 19.5 Å². The predicted molar refractivity (Wildman–Crippen MR) is 175 cm³/mol. The molecule has 1 fully saturated rings. The number of nitrogens with one attached hydrogen (secondary N) is 1. The van der Waals surface area contributed by atoms with Crippen LogP contribution in [-0.4, -0.2) is 43.7 Å². The zero-order valence-corrected chi connectivity index (χ0v) is 26.8. The number of nitrogens with zero attached hydrogens (tertiary/aromatic N) is 1. The van der Waals surface area contributed by atoms with Crippen LogP contribution in [-0.2, 0) is 4.79 Å². The van der Waals surface area contributed by atoms with Gasteiger partial charge in [-0.2, -0.15) is 0 Å². The second kappa shape index (κ2) is 15.8. The molecule has 2 aromatic rings. The van der Waals surface area contributed by atoms with E-state index in [-0.39, 0.29) is 17.9 Å². The Hall–Kier alpha value is -3.51. The van der Waals surface area contributed by atoms with Crippen molar-refractivity contribution in [1.29, 1.82) is 0 Å². The van der Waals surface area contributed by atoms with E-state index in [4.69, 9.17) is 14.2 Å². The Kier molecular flexibility index (Phi) is 11.9. The summed E-state index contributed by atoms with van der Waals surface area (Å²) in [5.41, 5.74) is 6.61. The van der Waals surface area contributed by atoms with Crippen molar-refractivity contribution in [2.45, 2.75) is 85.1 Å². The second-order valence-electron chi connectivity index (χ2n) is 11.8. The smallest absolute Gasteiger partial charge is 0.238 e. The van der Waals surface area contributed by atoms with Crippen molar-refractivity contribution in [3.8, 4) is 17.2 Å². The van der Waals surface area contributed by atoms with Crippen LogP contribution in [0.2, 0.25) is 0 Å². The number of ether oxygens (including phenoxy) is 3. The SMILES string of the molecule is C=C(C)/C=C(CC)\C(NC(=O)CN1C[C@H](c2ccc3c(c2)OCCO3)C[C@@H]1c1ccc(OCCCCC)cc1)=C(/C)CC. The van der Waals surface area contributed by atoms with Gasteiger partial charge in [0.1, 0.15) is 19.0 Å². The summed E-state index contributed by atoms with van der Waals surface area (Å²) in [7, 11) is 0. The van der Waals surface area contributed by atoms with E-state index in [1.807, 2.05) is 13.0 Å². The molecular weight excluding hydrogens is 536 g/mol. The molecule has 6 nitrogen and oxygen atoms in total. The molecule has 6 heteroatoms. The van der Waals surface area contributed by atoms with Crippen LogP contribution in [0.1, 0.15) is 96.2 Å². The lowest BCUT2D eigenvalue weighted by atomic mass is 9.93. The molecular formula is C37H50N2O4. The van der Waals surface area contributed by atoms with Gasteiger partial charge >= 0.3 is 0 Å². The zero-order valence-electron chi connectivity index (χ0n) is 26.8. The highest BCUT2D eigenvalue weighted by Crippen LogP contribution is 2.43. The number of benzene rings is 2. The number of fused-ring (bicyclic) bond motifs is 1. The number of amides is 1. The number of rotatable bonds is 14. The van der Waals surface area contributed by atoms with E-state index in [1.54, 1.807) is 0 Å². The third-order valence-electron chi connectivity index (χ3n) is 8.41. The molecule has 1 amide bonds. The van der Waals surface area contributed by atoms with Crippen molar-refractivity contribution in [2.24, 2.45) is 0 Å². The Balaban J connectivity index is 1.55. The molecule has 2 aliphatic rings. The lowest BCUT2D eigenvalue weighted by molar-refractivity contribution is -0.121. The number of carbonyl (C=O) groups is 1. The monoisotopic (exact) mass is 586 g/mol. The summed E-state index contributed by atoms with van der Waals surface area (Å²) in [6.45, 7) is 17.6. The molecule has 2 aromatic carbocycles. The van der Waals surface area contributed by atoms with Crippen LogP contribution in [0.25, 0.3) is 0 Å². The van der Waals surface area contributed by atoms with Crippen molar-refractivity contribution in [2.75, 3.05) is 32.9 Å². The largest absolute Gasteiger partial charge is 0.494 e. The van der Waals surface area contributed by atoms with Gasteiger partial charge in [-0.15, -0.1) is 0 Å². The first kappa shape index (κ1) is 32.4. The molecule has 43 heavy (non-hydrogen) atoms. The maximum absolute atomic E-state index is 13.7. The minimum atomic E-state index is 0.00701. The van der Waals surface area contributed by atoms with Crippen molar-refractivity contribution < 1.29 is 19.0 Å². The molecule has 0 bridgehead atoms. The van der Waals surface area contributed by atoms with Crippen LogP contribution in [0.5, 0.6) is 17.2 Å². The topological polar surface area (TPSA) is 60.0 Å². The number of unbranched alkanes of at least 4 members (excludes halogenated alkanes) is 2. The molecule has 2 atom stereocenters. The minimum Gasteiger partial charge on any atom is -0.494 e. The Morgan fingerprint density at radius 2 is 1.72 bits per heavy atom. The van der Waals surface area contributed by atoms with Crippen molar-refractivity contribution in [3.63, 3.8) is 0 Å². The van der Waals surface area contributed by atoms with Crippen molar-refractivity contribution in [1.82, 2.24) is 10.2 Å². The fourth-order valence-electron chi connectivity index (χ4n) is 5.96. The van der Waals surface area contributed by atoms with Gasteiger partial charge in [-0.05, 0) is 92.0 Å². The second-order valence-corrected chi connectivity index (χ2v) is 11.8. The first-order valence-electron chi connectivity index (χ1n) is 16.0. The summed E-state index contributed by atoms with van der Waals surface area (Å²) in [4.78, 5) is 16.0. The Morgan fingerprint density at radius 3 is 2.40 bits per heavy atom. The van der Waals surface area contributed by atoms with Crippen LogP contribution in [0, 0.1) is 0 Å². The van der Waals surface area contributed by atoms with E-state index in [1.165, 1.54) is 29.5 Å². The van der Waals surface area contributed by atoms with E-state index in [2.05, 4.69) is 87.0 Å². The van der Waals surface area contributed by atoms with Crippen LogP contribution < -0.4 is 19.5 Å². The average molecular weight is 587 g/mol. The molecule has 0 spiro atoms. The molecule has 0 aliphatic carbocycles. The summed E-state index contributed by atoms with van der Waals surface area (Å²) in [5.74, 6) is 2.78. The lowest BCUT2D eigenvalue weighted by Gasteiger charge is -2.25. The minimum absolute atomic E-state index is 0.00701. The zero-order chi connectivity index (χ0) is 30.8. The first-order valence-corrected chi connectivity index (χ1v) is 16.0. The molecule has 1 N–H and O–H groups in total. The Labute approximate surface area is 258 Å². The third-order valence-corrected chi connectivity index (χ3v) is 8.41. The Bertz CT molecular complexity index is 1310. The summed E-state index contributed by atoms with van der Waals surface area (Å²) in [6.07, 6.45) is 8.11. The van der Waals surface area contributed by atoms with Crippen LogP contribution >= 0.6 is 0 Å². The van der Waals surface area contributed by atoms with Crippen molar-refractivity contribution >= 4 is 5.91 Å². The summed E-state index contributed by atoms with van der Waals surface area (Å²) in [5, 5.41) is 3.29. The summed E-state index contributed by atoms with van der Waals surface area (Å²) < 4.78 is 17.6. The van der Waals surface area contributed by atoms with E-state index >= 15 is 0 Å². The number of likely N-dealkylation sites (tertiary alicyclic amines) is 1. The normalized spacial score (nSPS) is 19.1. The number of carbonyl (C=O) groups excluding carboxylic acids is 1. The van der Waals surface area contributed by atoms with Gasteiger partial charge in [-0.1, -0.05) is 70.0 Å². The Morgan fingerprint density at radius 1 is 1.00 bits per heavy atom. The molecule has 0 saturated carbocycles. The highest BCUT2D eigenvalue weighted by atomic mass is 16.6. The van der Waals surface area contributed by atoms with Gasteiger partial charge in [0.05, 0.1) is 13.2 Å². The maximum atomic E-state index is 13.7. The van der Waals surface area contributed by atoms with Crippen molar-refractivity contribution in [3.05, 3.63) is 88.7 Å². The summed E-state index contributed by atoms with van der Waals surface area (Å²) in [6, 6.07) is 14.8. The molecule has 2 heterocycles. The predicted octanol–water partition coefficient (Wildman–Crippen LogP) is 8.27. The van der Waals surface area contributed by atoms with E-state index in [9.17, 15) is 4.79 Å². The lowest BCUT2D eigenvalue weighted by Crippen LogP contribution is -2.37. The molecule has 4 rings (SSSR count). The molecule has 1 saturated heterocycles. The first-order chi connectivity index (χ1) is 20.8. The number of hydrogen-bond donors (Lipinski definition) is 1. The van der Waals surface area contributed by atoms with Gasteiger partial charge in [0.25, 0.3) is 0 Å². The van der Waals surface area contributed by atoms with E-state index in [0.29, 0.717) is 19.8 Å². The van der Waals surface area contributed by atoms with E-state index < -0.39 is 0 Å². The summed E-state index contributed by atoms with van der Waals surface area (Å²) >= 11 is 0. The highest BCUT2D eigenvalue weighted by molar-refractivity contribution is 5.81. The van der Waals surface area contributed by atoms with E-state index in [0.717, 1.165) is 72.9 Å². The van der Waals surface area contributed by atoms with Gasteiger partial charge in [0.15, 0.2) is 11.5 Å². The number of hydrogen-bond acceptors (Lipinski definition) is 5.